The predicted octanol–water partition coefficient (Wildman–Crippen LogP) is 2.07. The Morgan fingerprint density at radius 2 is 1.81 bits per heavy atom. The fraction of sp³-hybridized carbons (Fsp3) is 0.500. The molecule has 7 heteroatoms. The quantitative estimate of drug-likeness (QED) is 0.867. The zero-order valence-electron chi connectivity index (χ0n) is 11.8. The first-order valence-electron chi connectivity index (χ1n) is 6.97. The second kappa shape index (κ2) is 6.77. The fourth-order valence-electron chi connectivity index (χ4n) is 2.36. The van der Waals surface area contributed by atoms with Gasteiger partial charge in [0.25, 0.3) is 0 Å². The first-order valence-corrected chi connectivity index (χ1v) is 8.83. The molecule has 1 aromatic rings. The molecule has 1 atom stereocenters. The van der Waals surface area contributed by atoms with Gasteiger partial charge in [0.2, 0.25) is 15.9 Å². The van der Waals surface area contributed by atoms with Crippen molar-refractivity contribution in [2.45, 2.75) is 49.6 Å². The summed E-state index contributed by atoms with van der Waals surface area (Å²) in [5.41, 5.74) is 0. The standard InChI is InChI=1S/C14H19ClN2O3S/c1-10(14(18)16-12-4-2-3-5-12)17-21(19,20)13-8-6-11(15)7-9-13/h6-10,12,17H,2-5H2,1H3,(H,16,18)/t10-/m1/s1. The van der Waals surface area contributed by atoms with Crippen molar-refractivity contribution in [1.29, 1.82) is 0 Å². The molecule has 0 radical (unpaired) electrons. The maximum Gasteiger partial charge on any atom is 0.241 e. The largest absolute Gasteiger partial charge is 0.352 e. The maximum absolute atomic E-state index is 12.2. The van der Waals surface area contributed by atoms with Gasteiger partial charge in [-0.15, -0.1) is 0 Å². The molecule has 5 nitrogen and oxygen atoms in total. The summed E-state index contributed by atoms with van der Waals surface area (Å²) in [6.45, 7) is 1.54. The average molecular weight is 331 g/mol. The van der Waals surface area contributed by atoms with E-state index in [0.29, 0.717) is 5.02 Å². The van der Waals surface area contributed by atoms with Crippen molar-refractivity contribution in [2.75, 3.05) is 0 Å². The Kier molecular flexibility index (Phi) is 5.24. The smallest absolute Gasteiger partial charge is 0.241 e. The molecular formula is C14H19ClN2O3S. The summed E-state index contributed by atoms with van der Waals surface area (Å²) in [4.78, 5) is 12.1. The highest BCUT2D eigenvalue weighted by molar-refractivity contribution is 7.89. The van der Waals surface area contributed by atoms with Crippen molar-refractivity contribution < 1.29 is 13.2 Å². The molecular weight excluding hydrogens is 312 g/mol. The van der Waals surface area contributed by atoms with Crippen molar-refractivity contribution in [1.82, 2.24) is 10.0 Å². The number of rotatable bonds is 5. The lowest BCUT2D eigenvalue weighted by Gasteiger charge is -2.17. The minimum Gasteiger partial charge on any atom is -0.352 e. The second-order valence-corrected chi connectivity index (χ2v) is 7.44. The molecule has 0 saturated heterocycles. The van der Waals surface area contributed by atoms with Gasteiger partial charge < -0.3 is 5.32 Å². The van der Waals surface area contributed by atoms with Crippen LogP contribution in [-0.2, 0) is 14.8 Å². The minimum atomic E-state index is -3.72. The molecule has 21 heavy (non-hydrogen) atoms. The Hall–Kier alpha value is -1.11. The topological polar surface area (TPSA) is 75.3 Å². The normalized spacial score (nSPS) is 17.6. The van der Waals surface area contributed by atoms with Crippen LogP contribution in [0.5, 0.6) is 0 Å². The van der Waals surface area contributed by atoms with Gasteiger partial charge in [0.1, 0.15) is 0 Å². The van der Waals surface area contributed by atoms with E-state index >= 15 is 0 Å². The van der Waals surface area contributed by atoms with E-state index in [9.17, 15) is 13.2 Å². The Morgan fingerprint density at radius 3 is 2.38 bits per heavy atom. The number of hydrogen-bond acceptors (Lipinski definition) is 3. The first kappa shape index (κ1) is 16.3. The molecule has 2 N–H and O–H groups in total. The number of nitrogens with one attached hydrogen (secondary N) is 2. The zero-order valence-corrected chi connectivity index (χ0v) is 13.4. The van der Waals surface area contributed by atoms with Crippen LogP contribution in [0.4, 0.5) is 0 Å². The molecule has 0 bridgehead atoms. The van der Waals surface area contributed by atoms with Crippen LogP contribution in [0.25, 0.3) is 0 Å². The summed E-state index contributed by atoms with van der Waals surface area (Å²) >= 11 is 5.73. The molecule has 0 aromatic heterocycles. The van der Waals surface area contributed by atoms with E-state index in [1.807, 2.05) is 0 Å². The van der Waals surface area contributed by atoms with Crippen LogP contribution in [0, 0.1) is 0 Å². The number of sulfonamides is 1. The highest BCUT2D eigenvalue weighted by Gasteiger charge is 2.24. The Morgan fingerprint density at radius 1 is 1.24 bits per heavy atom. The first-order chi connectivity index (χ1) is 9.88. The summed E-state index contributed by atoms with van der Waals surface area (Å²) in [5.74, 6) is -0.292. The number of halogens is 1. The van der Waals surface area contributed by atoms with Gasteiger partial charge in [-0.3, -0.25) is 4.79 Å². The van der Waals surface area contributed by atoms with Crippen LogP contribution < -0.4 is 10.0 Å². The third-order valence-electron chi connectivity index (χ3n) is 3.55. The van der Waals surface area contributed by atoms with Crippen molar-refractivity contribution in [3.63, 3.8) is 0 Å². The van der Waals surface area contributed by atoms with E-state index in [2.05, 4.69) is 10.0 Å². The molecule has 1 saturated carbocycles. The fourth-order valence-corrected chi connectivity index (χ4v) is 3.69. The van der Waals surface area contributed by atoms with Gasteiger partial charge in [-0.2, -0.15) is 4.72 Å². The second-order valence-electron chi connectivity index (χ2n) is 5.29. The SMILES string of the molecule is C[C@@H](NS(=O)(=O)c1ccc(Cl)cc1)C(=O)NC1CCCC1. The summed E-state index contributed by atoms with van der Waals surface area (Å²) in [5, 5.41) is 3.33. The zero-order chi connectivity index (χ0) is 15.5. The molecule has 0 aliphatic heterocycles. The molecule has 2 rings (SSSR count). The van der Waals surface area contributed by atoms with Crippen LogP contribution in [0.3, 0.4) is 0 Å². The number of carbonyl (C=O) groups excluding carboxylic acids is 1. The lowest BCUT2D eigenvalue weighted by molar-refractivity contribution is -0.123. The third-order valence-corrected chi connectivity index (χ3v) is 5.36. The van der Waals surface area contributed by atoms with Crippen LogP contribution in [-0.4, -0.2) is 26.4 Å². The van der Waals surface area contributed by atoms with Crippen LogP contribution in [0.1, 0.15) is 32.6 Å². The Balaban J connectivity index is 1.98. The van der Waals surface area contributed by atoms with Crippen LogP contribution in [0.15, 0.2) is 29.2 Å². The Bertz CT molecular complexity index is 595. The average Bonchev–Trinajstić information content (AvgIpc) is 2.91. The van der Waals surface area contributed by atoms with Crippen molar-refractivity contribution in [3.05, 3.63) is 29.3 Å². The van der Waals surface area contributed by atoms with E-state index in [4.69, 9.17) is 11.6 Å². The highest BCUT2D eigenvalue weighted by Crippen LogP contribution is 2.18. The molecule has 0 unspecified atom stereocenters. The van der Waals surface area contributed by atoms with Crippen LogP contribution >= 0.6 is 11.6 Å². The molecule has 116 valence electrons. The molecule has 0 spiro atoms. The van der Waals surface area contributed by atoms with Crippen molar-refractivity contribution >= 4 is 27.5 Å². The molecule has 1 aliphatic rings. The van der Waals surface area contributed by atoms with E-state index in [-0.39, 0.29) is 16.8 Å². The summed E-state index contributed by atoms with van der Waals surface area (Å²) in [6.07, 6.45) is 4.14. The molecule has 1 fully saturated rings. The predicted molar refractivity (Wildman–Crippen MR) is 81.6 cm³/mol. The lowest BCUT2D eigenvalue weighted by Crippen LogP contribution is -2.47. The van der Waals surface area contributed by atoms with Gasteiger partial charge in [-0.05, 0) is 44.0 Å². The van der Waals surface area contributed by atoms with E-state index < -0.39 is 16.1 Å². The van der Waals surface area contributed by atoms with Crippen LogP contribution in [0.2, 0.25) is 5.02 Å². The molecule has 1 aromatic carbocycles. The molecule has 1 aliphatic carbocycles. The van der Waals surface area contributed by atoms with Crippen molar-refractivity contribution in [2.24, 2.45) is 0 Å². The van der Waals surface area contributed by atoms with Gasteiger partial charge in [0.15, 0.2) is 0 Å². The number of carbonyl (C=O) groups is 1. The van der Waals surface area contributed by atoms with Gasteiger partial charge in [0.05, 0.1) is 10.9 Å². The van der Waals surface area contributed by atoms with Gasteiger partial charge >= 0.3 is 0 Å². The maximum atomic E-state index is 12.2. The third kappa shape index (κ3) is 4.43. The summed E-state index contributed by atoms with van der Waals surface area (Å²) < 4.78 is 26.7. The minimum absolute atomic E-state index is 0.0902. The lowest BCUT2D eigenvalue weighted by atomic mass is 10.2. The van der Waals surface area contributed by atoms with E-state index in [0.717, 1.165) is 25.7 Å². The number of hydrogen-bond donors (Lipinski definition) is 2. The van der Waals surface area contributed by atoms with Gasteiger partial charge in [-0.1, -0.05) is 24.4 Å². The van der Waals surface area contributed by atoms with E-state index in [1.54, 1.807) is 0 Å². The monoisotopic (exact) mass is 330 g/mol. The molecule has 1 amide bonds. The van der Waals surface area contributed by atoms with Gasteiger partial charge in [0, 0.05) is 11.1 Å². The van der Waals surface area contributed by atoms with Gasteiger partial charge in [-0.25, -0.2) is 8.42 Å². The summed E-state index contributed by atoms with van der Waals surface area (Å²) in [6, 6.07) is 5.17. The van der Waals surface area contributed by atoms with Crippen molar-refractivity contribution in [3.8, 4) is 0 Å². The highest BCUT2D eigenvalue weighted by atomic mass is 35.5. The summed E-state index contributed by atoms with van der Waals surface area (Å²) in [7, 11) is -3.72. The number of benzene rings is 1. The van der Waals surface area contributed by atoms with E-state index in [1.165, 1.54) is 31.2 Å². The molecule has 0 heterocycles. The Labute approximate surface area is 130 Å². The number of amides is 1.